The number of carbonyl (C=O) groups excluding carboxylic acids is 3. The van der Waals surface area contributed by atoms with E-state index in [1.165, 1.54) is 7.11 Å². The van der Waals surface area contributed by atoms with Gasteiger partial charge in [0.05, 0.1) is 19.5 Å². The zero-order chi connectivity index (χ0) is 24.5. The molecule has 0 saturated carbocycles. The number of aromatic amines is 1. The van der Waals surface area contributed by atoms with Crippen molar-refractivity contribution in [2.24, 2.45) is 5.92 Å². The zero-order valence-corrected chi connectivity index (χ0v) is 21.4. The summed E-state index contributed by atoms with van der Waals surface area (Å²) in [4.78, 5) is 49.9. The summed E-state index contributed by atoms with van der Waals surface area (Å²) in [6.07, 6.45) is 10.8. The van der Waals surface area contributed by atoms with Gasteiger partial charge in [-0.2, -0.15) is 11.8 Å². The molecule has 0 spiro atoms. The molecule has 0 aromatic carbocycles. The second-order valence-corrected chi connectivity index (χ2v) is 10.2. The number of likely N-dealkylation sites (tertiary alicyclic amines) is 2. The van der Waals surface area contributed by atoms with E-state index >= 15 is 0 Å². The van der Waals surface area contributed by atoms with E-state index in [9.17, 15) is 14.4 Å². The number of imidazole rings is 1. The van der Waals surface area contributed by atoms with E-state index in [1.54, 1.807) is 24.3 Å². The van der Waals surface area contributed by atoms with Crippen LogP contribution in [0.1, 0.15) is 51.1 Å². The van der Waals surface area contributed by atoms with Crippen molar-refractivity contribution >= 4 is 29.5 Å². The average molecular weight is 494 g/mol. The Bertz CT molecular complexity index is 805. The standard InChI is InChI=1S/C24H39N5O4S/c1-4-17-9-12-28(22(17)23(31)27-20(10-13-34-3)24(32)33-2)15-19-6-5-11-29(19)21(30)8-7-18-14-25-16-26-18/h14,16-17,19-20,22H,4-13,15H2,1-3H3,(H,25,26)(H,27,31)/t17-,19?,20-,22-/m0/s1. The van der Waals surface area contributed by atoms with Crippen LogP contribution in [-0.4, -0.2) is 94.4 Å². The van der Waals surface area contributed by atoms with E-state index in [2.05, 4.69) is 27.1 Å². The number of esters is 1. The van der Waals surface area contributed by atoms with Crippen LogP contribution in [0.2, 0.25) is 0 Å². The highest BCUT2D eigenvalue weighted by Crippen LogP contribution is 2.30. The number of nitrogens with zero attached hydrogens (tertiary/aromatic N) is 3. The molecule has 3 heterocycles. The molecule has 2 aliphatic heterocycles. The summed E-state index contributed by atoms with van der Waals surface area (Å²) < 4.78 is 4.92. The smallest absolute Gasteiger partial charge is 0.328 e. The number of aryl methyl sites for hydroxylation is 1. The Kier molecular flexibility index (Phi) is 10.2. The average Bonchev–Trinajstić information content (AvgIpc) is 3.61. The van der Waals surface area contributed by atoms with Crippen LogP contribution in [-0.2, 0) is 25.5 Å². The van der Waals surface area contributed by atoms with Crippen LogP contribution in [0.4, 0.5) is 0 Å². The van der Waals surface area contributed by atoms with E-state index in [-0.39, 0.29) is 29.8 Å². The Morgan fingerprint density at radius 2 is 2.15 bits per heavy atom. The second kappa shape index (κ2) is 13.1. The first-order valence-corrected chi connectivity index (χ1v) is 13.8. The number of thioether (sulfide) groups is 1. The second-order valence-electron chi connectivity index (χ2n) is 9.22. The third-order valence-corrected chi connectivity index (χ3v) is 7.78. The molecule has 2 aliphatic rings. The molecule has 2 amide bonds. The lowest BCUT2D eigenvalue weighted by atomic mass is 9.96. The Hall–Kier alpha value is -2.07. The monoisotopic (exact) mass is 493 g/mol. The van der Waals surface area contributed by atoms with Crippen molar-refractivity contribution in [3.8, 4) is 0 Å². The topological polar surface area (TPSA) is 108 Å². The Labute approximate surface area is 206 Å². The summed E-state index contributed by atoms with van der Waals surface area (Å²) in [5.74, 6) is 0.668. The van der Waals surface area contributed by atoms with Crippen molar-refractivity contribution in [1.82, 2.24) is 25.1 Å². The minimum absolute atomic E-state index is 0.101. The van der Waals surface area contributed by atoms with Crippen LogP contribution in [0.25, 0.3) is 0 Å². The predicted octanol–water partition coefficient (Wildman–Crippen LogP) is 1.84. The number of H-pyrrole nitrogens is 1. The van der Waals surface area contributed by atoms with Crippen molar-refractivity contribution < 1.29 is 19.1 Å². The highest BCUT2D eigenvalue weighted by molar-refractivity contribution is 7.98. The number of carbonyl (C=O) groups is 3. The predicted molar refractivity (Wildman–Crippen MR) is 132 cm³/mol. The number of hydrogen-bond acceptors (Lipinski definition) is 7. The number of aromatic nitrogens is 2. The van der Waals surface area contributed by atoms with Gasteiger partial charge in [0.25, 0.3) is 0 Å². The summed E-state index contributed by atoms with van der Waals surface area (Å²) >= 11 is 1.64. The molecule has 0 aliphatic carbocycles. The van der Waals surface area contributed by atoms with Gasteiger partial charge in [-0.25, -0.2) is 9.78 Å². The highest BCUT2D eigenvalue weighted by Gasteiger charge is 2.42. The van der Waals surface area contributed by atoms with Gasteiger partial charge in [-0.05, 0) is 56.6 Å². The summed E-state index contributed by atoms with van der Waals surface area (Å²) in [5.41, 5.74) is 0.966. The molecular weight excluding hydrogens is 454 g/mol. The highest BCUT2D eigenvalue weighted by atomic mass is 32.2. The first-order chi connectivity index (χ1) is 16.5. The first kappa shape index (κ1) is 26.5. The lowest BCUT2D eigenvalue weighted by molar-refractivity contribution is -0.146. The Morgan fingerprint density at radius 1 is 1.32 bits per heavy atom. The van der Waals surface area contributed by atoms with Gasteiger partial charge < -0.3 is 19.9 Å². The number of amides is 2. The molecular formula is C24H39N5O4S. The van der Waals surface area contributed by atoms with Gasteiger partial charge in [0.2, 0.25) is 11.8 Å². The quantitative estimate of drug-likeness (QED) is 0.428. The third-order valence-electron chi connectivity index (χ3n) is 7.14. The van der Waals surface area contributed by atoms with Gasteiger partial charge in [-0.1, -0.05) is 13.3 Å². The van der Waals surface area contributed by atoms with Crippen molar-refractivity contribution in [2.45, 2.75) is 70.0 Å². The molecule has 9 nitrogen and oxygen atoms in total. The van der Waals surface area contributed by atoms with Gasteiger partial charge in [0.1, 0.15) is 6.04 Å². The molecule has 0 radical (unpaired) electrons. The first-order valence-electron chi connectivity index (χ1n) is 12.4. The van der Waals surface area contributed by atoms with Crippen molar-refractivity contribution in [3.63, 3.8) is 0 Å². The molecule has 1 unspecified atom stereocenters. The van der Waals surface area contributed by atoms with Crippen LogP contribution in [0.3, 0.4) is 0 Å². The maximum atomic E-state index is 13.4. The number of rotatable bonds is 12. The van der Waals surface area contributed by atoms with Gasteiger partial charge in [-0.3, -0.25) is 14.5 Å². The molecule has 2 fully saturated rings. The van der Waals surface area contributed by atoms with Gasteiger partial charge in [0.15, 0.2) is 0 Å². The molecule has 10 heteroatoms. The van der Waals surface area contributed by atoms with Gasteiger partial charge in [-0.15, -0.1) is 0 Å². The van der Waals surface area contributed by atoms with Crippen LogP contribution in [0.15, 0.2) is 12.5 Å². The minimum atomic E-state index is -0.628. The third kappa shape index (κ3) is 6.75. The number of nitrogens with one attached hydrogen (secondary N) is 2. The van der Waals surface area contributed by atoms with Crippen molar-refractivity contribution in [1.29, 1.82) is 0 Å². The van der Waals surface area contributed by atoms with E-state index in [4.69, 9.17) is 4.74 Å². The largest absolute Gasteiger partial charge is 0.467 e. The van der Waals surface area contributed by atoms with E-state index in [1.807, 2.05) is 11.2 Å². The zero-order valence-electron chi connectivity index (χ0n) is 20.6. The summed E-state index contributed by atoms with van der Waals surface area (Å²) in [7, 11) is 1.36. The fourth-order valence-corrected chi connectivity index (χ4v) is 5.73. The van der Waals surface area contributed by atoms with E-state index in [0.717, 1.165) is 50.2 Å². The van der Waals surface area contributed by atoms with E-state index < -0.39 is 12.0 Å². The molecule has 3 rings (SSSR count). The lowest BCUT2D eigenvalue weighted by Crippen LogP contribution is -2.54. The molecule has 1 aromatic heterocycles. The number of methoxy groups -OCH3 is 1. The normalized spacial score (nSPS) is 23.7. The van der Waals surface area contributed by atoms with Crippen molar-refractivity contribution in [3.05, 3.63) is 18.2 Å². The molecule has 34 heavy (non-hydrogen) atoms. The molecule has 1 aromatic rings. The fraction of sp³-hybridized carbons (Fsp3) is 0.750. The van der Waals surface area contributed by atoms with Gasteiger partial charge in [0, 0.05) is 37.4 Å². The maximum Gasteiger partial charge on any atom is 0.328 e. The Morgan fingerprint density at radius 3 is 2.82 bits per heavy atom. The molecule has 2 N–H and O–H groups in total. The fourth-order valence-electron chi connectivity index (χ4n) is 5.25. The van der Waals surface area contributed by atoms with E-state index in [0.29, 0.717) is 25.8 Å². The van der Waals surface area contributed by atoms with Crippen LogP contribution in [0, 0.1) is 5.92 Å². The van der Waals surface area contributed by atoms with Crippen molar-refractivity contribution in [2.75, 3.05) is 38.8 Å². The minimum Gasteiger partial charge on any atom is -0.467 e. The molecule has 190 valence electrons. The summed E-state index contributed by atoms with van der Waals surface area (Å²) in [6.45, 7) is 4.41. The number of hydrogen-bond donors (Lipinski definition) is 2. The van der Waals surface area contributed by atoms with Crippen LogP contribution >= 0.6 is 11.8 Å². The SMILES string of the molecule is CC[C@H]1CCN(CC2CCCN2C(=O)CCc2cnc[nH]2)[C@@H]1C(=O)N[C@@H](CCSC)C(=O)OC. The molecule has 4 atom stereocenters. The van der Waals surface area contributed by atoms with Crippen LogP contribution < -0.4 is 5.32 Å². The van der Waals surface area contributed by atoms with Crippen LogP contribution in [0.5, 0.6) is 0 Å². The van der Waals surface area contributed by atoms with Gasteiger partial charge >= 0.3 is 5.97 Å². The maximum absolute atomic E-state index is 13.4. The summed E-state index contributed by atoms with van der Waals surface area (Å²) in [5, 5.41) is 2.98. The molecule has 2 saturated heterocycles. The number of ether oxygens (including phenoxy) is 1. The lowest BCUT2D eigenvalue weighted by Gasteiger charge is -2.33. The summed E-state index contributed by atoms with van der Waals surface area (Å²) in [6, 6.07) is -0.793. The Balaban J connectivity index is 1.63. The molecule has 0 bridgehead atoms.